The molecule has 0 aliphatic carbocycles. The van der Waals surface area contributed by atoms with Gasteiger partial charge < -0.3 is 0 Å². The summed E-state index contributed by atoms with van der Waals surface area (Å²) in [6.45, 7) is 2.36. The van der Waals surface area contributed by atoms with Gasteiger partial charge in [-0.2, -0.15) is 0 Å². The maximum absolute atomic E-state index is 13.3. The highest BCUT2D eigenvalue weighted by molar-refractivity contribution is 6.30. The number of aliphatic imine (C=N–C) groups is 1. The second-order valence-electron chi connectivity index (χ2n) is 6.73. The number of hydrogen-bond acceptors (Lipinski definition) is 2. The Balaban J connectivity index is 1.80. The van der Waals surface area contributed by atoms with Gasteiger partial charge >= 0.3 is 0 Å². The van der Waals surface area contributed by atoms with Crippen molar-refractivity contribution in [2.45, 2.75) is 13.5 Å². The van der Waals surface area contributed by atoms with Gasteiger partial charge in [-0.25, -0.2) is 4.68 Å². The van der Waals surface area contributed by atoms with E-state index in [0.717, 1.165) is 22.5 Å². The zero-order valence-electron chi connectivity index (χ0n) is 16.0. The average molecular weight is 402 g/mol. The van der Waals surface area contributed by atoms with Crippen molar-refractivity contribution in [3.63, 3.8) is 0 Å². The molecule has 4 rings (SSSR count). The number of para-hydroxylation sites is 1. The smallest absolute Gasteiger partial charge is 0.280 e. The van der Waals surface area contributed by atoms with E-state index in [9.17, 15) is 4.79 Å². The summed E-state index contributed by atoms with van der Waals surface area (Å²) in [5, 5.41) is 3.97. The van der Waals surface area contributed by atoms with Gasteiger partial charge in [-0.15, -0.1) is 0 Å². The van der Waals surface area contributed by atoms with Gasteiger partial charge in [0.2, 0.25) is 0 Å². The molecule has 1 aromatic heterocycles. The number of halogens is 1. The Labute approximate surface area is 174 Å². The Morgan fingerprint density at radius 1 is 0.931 bits per heavy atom. The van der Waals surface area contributed by atoms with Crippen LogP contribution in [0.25, 0.3) is 16.9 Å². The van der Waals surface area contributed by atoms with Gasteiger partial charge in [-0.1, -0.05) is 72.3 Å². The van der Waals surface area contributed by atoms with E-state index in [2.05, 4.69) is 10.1 Å². The molecule has 0 unspecified atom stereocenters. The van der Waals surface area contributed by atoms with E-state index < -0.39 is 0 Å². The lowest BCUT2D eigenvalue weighted by Crippen LogP contribution is -2.19. The molecule has 29 heavy (non-hydrogen) atoms. The van der Waals surface area contributed by atoms with E-state index in [1.807, 2.05) is 91.9 Å². The van der Waals surface area contributed by atoms with Crippen molar-refractivity contribution in [3.05, 3.63) is 111 Å². The molecule has 0 fully saturated rings. The number of hydrogen-bond donors (Lipinski definition) is 1. The second-order valence-corrected chi connectivity index (χ2v) is 7.17. The molecule has 0 aliphatic heterocycles. The summed E-state index contributed by atoms with van der Waals surface area (Å²) in [4.78, 5) is 18.0. The zero-order valence-corrected chi connectivity index (χ0v) is 16.7. The van der Waals surface area contributed by atoms with E-state index in [1.165, 1.54) is 0 Å². The summed E-state index contributed by atoms with van der Waals surface area (Å²) in [5.74, 6) is 0. The van der Waals surface area contributed by atoms with Crippen molar-refractivity contribution in [2.75, 3.05) is 0 Å². The fourth-order valence-corrected chi connectivity index (χ4v) is 3.35. The largest absolute Gasteiger partial charge is 0.290 e. The first-order chi connectivity index (χ1) is 14.1. The van der Waals surface area contributed by atoms with Crippen LogP contribution in [0.4, 0.5) is 0 Å². The second kappa shape index (κ2) is 8.33. The monoisotopic (exact) mass is 401 g/mol. The minimum Gasteiger partial charge on any atom is -0.290 e. The molecule has 4 nitrogen and oxygen atoms in total. The molecule has 0 atom stereocenters. The van der Waals surface area contributed by atoms with Crippen molar-refractivity contribution in [2.24, 2.45) is 4.99 Å². The van der Waals surface area contributed by atoms with Crippen molar-refractivity contribution in [1.29, 1.82) is 0 Å². The van der Waals surface area contributed by atoms with Crippen LogP contribution < -0.4 is 5.56 Å². The van der Waals surface area contributed by atoms with E-state index >= 15 is 0 Å². The number of benzene rings is 3. The van der Waals surface area contributed by atoms with Gasteiger partial charge in [-0.05, 0) is 36.8 Å². The molecule has 1 heterocycles. The number of H-pyrrole nitrogens is 1. The van der Waals surface area contributed by atoms with Crippen LogP contribution in [0.2, 0.25) is 5.02 Å². The fraction of sp³-hybridized carbons (Fsp3) is 0.0833. The Bertz CT molecular complexity index is 1190. The van der Waals surface area contributed by atoms with E-state index in [4.69, 9.17) is 11.6 Å². The molecule has 5 heteroatoms. The highest BCUT2D eigenvalue weighted by Gasteiger charge is 2.19. The Morgan fingerprint density at radius 2 is 1.55 bits per heavy atom. The molecule has 0 spiro atoms. The predicted molar refractivity (Wildman–Crippen MR) is 119 cm³/mol. The molecule has 0 bridgehead atoms. The summed E-state index contributed by atoms with van der Waals surface area (Å²) in [6.07, 6.45) is 0. The highest BCUT2D eigenvalue weighted by Crippen LogP contribution is 2.21. The molecular formula is C24H20ClN3O. The van der Waals surface area contributed by atoms with Crippen molar-refractivity contribution < 1.29 is 0 Å². The topological polar surface area (TPSA) is 50.1 Å². The summed E-state index contributed by atoms with van der Waals surface area (Å²) in [6, 6.07) is 26.9. The minimum absolute atomic E-state index is 0.118. The van der Waals surface area contributed by atoms with Gasteiger partial charge in [0.05, 0.1) is 23.5 Å². The summed E-state index contributed by atoms with van der Waals surface area (Å²) < 4.78 is 1.57. The Hall–Kier alpha value is -3.37. The van der Waals surface area contributed by atoms with Crippen LogP contribution in [0.1, 0.15) is 18.1 Å². The first-order valence-corrected chi connectivity index (χ1v) is 9.73. The molecule has 3 aromatic carbocycles. The third-order valence-corrected chi connectivity index (χ3v) is 4.99. The maximum atomic E-state index is 13.3. The number of aromatic nitrogens is 2. The summed E-state index contributed by atoms with van der Waals surface area (Å²) in [5.41, 5.74) is 4.67. The molecule has 0 aliphatic rings. The van der Waals surface area contributed by atoms with Crippen LogP contribution in [0, 0.1) is 0 Å². The third kappa shape index (κ3) is 4.08. The molecule has 4 aromatic rings. The highest BCUT2D eigenvalue weighted by atomic mass is 35.5. The molecular weight excluding hydrogens is 382 g/mol. The third-order valence-electron chi connectivity index (χ3n) is 4.74. The van der Waals surface area contributed by atoms with E-state index in [1.54, 1.807) is 4.68 Å². The van der Waals surface area contributed by atoms with Gasteiger partial charge in [0, 0.05) is 16.3 Å². The fourth-order valence-electron chi connectivity index (χ4n) is 3.22. The van der Waals surface area contributed by atoms with Crippen LogP contribution in [-0.2, 0) is 6.54 Å². The number of nitrogens with one attached hydrogen (secondary N) is 1. The SMILES string of the molecule is CC(=NCc1ccc(Cl)cc1)c1c(-c2ccccc2)[nH]n(-c2ccccc2)c1=O. The van der Waals surface area contributed by atoms with Crippen molar-refractivity contribution >= 4 is 17.3 Å². The van der Waals surface area contributed by atoms with Gasteiger partial charge in [0.1, 0.15) is 0 Å². The molecule has 0 saturated carbocycles. The number of aromatic amines is 1. The molecule has 144 valence electrons. The first-order valence-electron chi connectivity index (χ1n) is 9.35. The first kappa shape index (κ1) is 19.0. The average Bonchev–Trinajstić information content (AvgIpc) is 3.11. The zero-order chi connectivity index (χ0) is 20.2. The van der Waals surface area contributed by atoms with E-state index in [0.29, 0.717) is 22.8 Å². The molecule has 0 amide bonds. The van der Waals surface area contributed by atoms with Crippen LogP contribution >= 0.6 is 11.6 Å². The maximum Gasteiger partial charge on any atom is 0.280 e. The predicted octanol–water partition coefficient (Wildman–Crippen LogP) is 5.50. The minimum atomic E-state index is -0.118. The lowest BCUT2D eigenvalue weighted by atomic mass is 10.1. The van der Waals surface area contributed by atoms with Crippen LogP contribution in [-0.4, -0.2) is 15.5 Å². The standard InChI is InChI=1S/C24H20ClN3O/c1-17(26-16-18-12-14-20(25)15-13-18)22-23(19-8-4-2-5-9-19)27-28(24(22)29)21-10-6-3-7-11-21/h2-15,27H,16H2,1H3. The van der Waals surface area contributed by atoms with Crippen molar-refractivity contribution in [1.82, 2.24) is 9.78 Å². The van der Waals surface area contributed by atoms with Crippen molar-refractivity contribution in [3.8, 4) is 16.9 Å². The summed E-state index contributed by atoms with van der Waals surface area (Å²) >= 11 is 5.96. The molecule has 0 saturated heterocycles. The normalized spacial score (nSPS) is 11.6. The van der Waals surface area contributed by atoms with Crippen LogP contribution in [0.15, 0.2) is 94.7 Å². The number of nitrogens with zero attached hydrogens (tertiary/aromatic N) is 2. The summed E-state index contributed by atoms with van der Waals surface area (Å²) in [7, 11) is 0. The Morgan fingerprint density at radius 3 is 2.21 bits per heavy atom. The van der Waals surface area contributed by atoms with Gasteiger partial charge in [0.15, 0.2) is 0 Å². The van der Waals surface area contributed by atoms with Gasteiger partial charge in [-0.3, -0.25) is 14.9 Å². The number of rotatable bonds is 5. The van der Waals surface area contributed by atoms with Crippen LogP contribution in [0.3, 0.4) is 0 Å². The lowest BCUT2D eigenvalue weighted by molar-refractivity contribution is 0.852. The lowest BCUT2D eigenvalue weighted by Gasteiger charge is -2.03. The van der Waals surface area contributed by atoms with Gasteiger partial charge in [0.25, 0.3) is 5.56 Å². The Kier molecular flexibility index (Phi) is 5.45. The molecule has 1 N–H and O–H groups in total. The quantitative estimate of drug-likeness (QED) is 0.441. The molecule has 0 radical (unpaired) electrons. The van der Waals surface area contributed by atoms with E-state index in [-0.39, 0.29) is 5.56 Å². The van der Waals surface area contributed by atoms with Crippen LogP contribution in [0.5, 0.6) is 0 Å².